The molecule has 0 fully saturated rings. The predicted octanol–water partition coefficient (Wildman–Crippen LogP) is 3.70. The summed E-state index contributed by atoms with van der Waals surface area (Å²) >= 11 is 0. The molecular formula is C15H13NO3. The zero-order valence-corrected chi connectivity index (χ0v) is 10.2. The third-order valence-electron chi connectivity index (χ3n) is 2.83. The average molecular weight is 255 g/mol. The molecule has 96 valence electrons. The Bertz CT molecular complexity index is 618. The first kappa shape index (κ1) is 12.8. The minimum Gasteiger partial charge on any atom is -0.507 e. The van der Waals surface area contributed by atoms with Crippen LogP contribution in [0.2, 0.25) is 0 Å². The predicted molar refractivity (Wildman–Crippen MR) is 74.1 cm³/mol. The number of aromatic hydroxyl groups is 1. The molecular weight excluding hydrogens is 242 g/mol. The Kier molecular flexibility index (Phi) is 3.61. The van der Waals surface area contributed by atoms with Crippen LogP contribution in [0.5, 0.6) is 5.75 Å². The highest BCUT2D eigenvalue weighted by Crippen LogP contribution is 2.31. The van der Waals surface area contributed by atoms with Crippen LogP contribution in [0.25, 0.3) is 11.1 Å². The van der Waals surface area contributed by atoms with E-state index in [0.717, 1.165) is 11.1 Å². The molecule has 0 saturated carbocycles. The van der Waals surface area contributed by atoms with Crippen molar-refractivity contribution in [3.8, 4) is 16.9 Å². The first-order valence-corrected chi connectivity index (χ1v) is 5.79. The number of phenols is 1. The number of phenolic OH excluding ortho intramolecular Hbond substituents is 1. The number of nitrogens with zero attached hydrogens (tertiary/aromatic N) is 1. The number of rotatable bonds is 4. The summed E-state index contributed by atoms with van der Waals surface area (Å²) in [6.45, 7) is 3.67. The molecule has 0 radical (unpaired) electrons. The second kappa shape index (κ2) is 5.35. The highest BCUT2D eigenvalue weighted by atomic mass is 16.6. The van der Waals surface area contributed by atoms with Crippen molar-refractivity contribution in [2.75, 3.05) is 0 Å². The Morgan fingerprint density at radius 3 is 2.47 bits per heavy atom. The third kappa shape index (κ3) is 2.80. The maximum absolute atomic E-state index is 10.6. The van der Waals surface area contributed by atoms with Crippen molar-refractivity contribution in [1.82, 2.24) is 0 Å². The van der Waals surface area contributed by atoms with E-state index in [1.807, 2.05) is 12.1 Å². The number of hydrogen-bond donors (Lipinski definition) is 1. The van der Waals surface area contributed by atoms with Gasteiger partial charge in [0.05, 0.1) is 4.92 Å². The second-order valence-corrected chi connectivity index (χ2v) is 4.15. The number of non-ortho nitro benzene ring substituents is 1. The lowest BCUT2D eigenvalue weighted by molar-refractivity contribution is -0.384. The van der Waals surface area contributed by atoms with E-state index in [9.17, 15) is 15.2 Å². The van der Waals surface area contributed by atoms with Crippen LogP contribution in [-0.2, 0) is 6.42 Å². The SMILES string of the molecule is C=CCc1ccc(O)c(-c2ccc([N+](=O)[O-])cc2)c1. The molecule has 2 aromatic carbocycles. The van der Waals surface area contributed by atoms with Gasteiger partial charge in [-0.3, -0.25) is 10.1 Å². The summed E-state index contributed by atoms with van der Waals surface area (Å²) in [4.78, 5) is 10.2. The van der Waals surface area contributed by atoms with Crippen molar-refractivity contribution in [2.45, 2.75) is 6.42 Å². The van der Waals surface area contributed by atoms with E-state index in [1.54, 1.807) is 24.3 Å². The van der Waals surface area contributed by atoms with Gasteiger partial charge >= 0.3 is 0 Å². The minimum absolute atomic E-state index is 0.0329. The molecule has 2 aromatic rings. The molecule has 0 saturated heterocycles. The molecule has 0 aliphatic carbocycles. The van der Waals surface area contributed by atoms with Crippen LogP contribution in [0.4, 0.5) is 5.69 Å². The van der Waals surface area contributed by atoms with Crippen molar-refractivity contribution in [1.29, 1.82) is 0 Å². The summed E-state index contributed by atoms with van der Waals surface area (Å²) in [7, 11) is 0. The van der Waals surface area contributed by atoms with Gasteiger partial charge in [0.2, 0.25) is 0 Å². The number of nitro benzene ring substituents is 1. The highest BCUT2D eigenvalue weighted by Gasteiger charge is 2.08. The zero-order valence-electron chi connectivity index (χ0n) is 10.2. The fraction of sp³-hybridized carbons (Fsp3) is 0.0667. The monoisotopic (exact) mass is 255 g/mol. The summed E-state index contributed by atoms with van der Waals surface area (Å²) in [6.07, 6.45) is 2.49. The van der Waals surface area contributed by atoms with Crippen molar-refractivity contribution in [3.05, 3.63) is 70.8 Å². The Morgan fingerprint density at radius 1 is 1.21 bits per heavy atom. The van der Waals surface area contributed by atoms with Crippen LogP contribution >= 0.6 is 0 Å². The summed E-state index contributed by atoms with van der Waals surface area (Å²) in [5, 5.41) is 20.5. The Balaban J connectivity index is 2.42. The molecule has 0 aliphatic rings. The summed E-state index contributed by atoms with van der Waals surface area (Å²) in [6, 6.07) is 11.4. The lowest BCUT2D eigenvalue weighted by atomic mass is 10.0. The van der Waals surface area contributed by atoms with Gasteiger partial charge in [-0.05, 0) is 41.8 Å². The van der Waals surface area contributed by atoms with E-state index in [4.69, 9.17) is 0 Å². The van der Waals surface area contributed by atoms with Crippen LogP contribution in [0, 0.1) is 10.1 Å². The number of allylic oxidation sites excluding steroid dienone is 1. The molecule has 4 nitrogen and oxygen atoms in total. The van der Waals surface area contributed by atoms with E-state index >= 15 is 0 Å². The number of hydrogen-bond acceptors (Lipinski definition) is 3. The first-order valence-electron chi connectivity index (χ1n) is 5.79. The molecule has 1 N–H and O–H groups in total. The van der Waals surface area contributed by atoms with Gasteiger partial charge in [-0.25, -0.2) is 0 Å². The van der Waals surface area contributed by atoms with Gasteiger partial charge in [-0.15, -0.1) is 6.58 Å². The maximum atomic E-state index is 10.6. The number of nitro groups is 1. The van der Waals surface area contributed by atoms with Gasteiger partial charge < -0.3 is 5.11 Å². The quantitative estimate of drug-likeness (QED) is 0.514. The molecule has 0 unspecified atom stereocenters. The lowest BCUT2D eigenvalue weighted by Gasteiger charge is -2.07. The van der Waals surface area contributed by atoms with Gasteiger partial charge in [0.1, 0.15) is 5.75 Å². The molecule has 0 amide bonds. The molecule has 19 heavy (non-hydrogen) atoms. The summed E-state index contributed by atoms with van der Waals surface area (Å²) in [5.74, 6) is 0.154. The van der Waals surface area contributed by atoms with Crippen LogP contribution in [0.1, 0.15) is 5.56 Å². The van der Waals surface area contributed by atoms with Gasteiger partial charge in [0.15, 0.2) is 0 Å². The summed E-state index contributed by atoms with van der Waals surface area (Å²) in [5.41, 5.74) is 2.47. The Hall–Kier alpha value is -2.62. The molecule has 0 aromatic heterocycles. The lowest BCUT2D eigenvalue weighted by Crippen LogP contribution is -1.88. The Morgan fingerprint density at radius 2 is 1.89 bits per heavy atom. The van der Waals surface area contributed by atoms with Crippen LogP contribution in [0.3, 0.4) is 0 Å². The first-order chi connectivity index (χ1) is 9.11. The van der Waals surface area contributed by atoms with Crippen LogP contribution < -0.4 is 0 Å². The van der Waals surface area contributed by atoms with E-state index in [0.29, 0.717) is 12.0 Å². The van der Waals surface area contributed by atoms with Gasteiger partial charge in [0, 0.05) is 17.7 Å². The highest BCUT2D eigenvalue weighted by molar-refractivity contribution is 5.71. The average Bonchev–Trinajstić information content (AvgIpc) is 2.41. The van der Waals surface area contributed by atoms with Crippen LogP contribution in [0.15, 0.2) is 55.1 Å². The summed E-state index contributed by atoms with van der Waals surface area (Å²) < 4.78 is 0. The van der Waals surface area contributed by atoms with E-state index in [2.05, 4.69) is 6.58 Å². The number of benzene rings is 2. The van der Waals surface area contributed by atoms with Crippen LogP contribution in [-0.4, -0.2) is 10.0 Å². The van der Waals surface area contributed by atoms with E-state index in [-0.39, 0.29) is 11.4 Å². The molecule has 0 heterocycles. The largest absolute Gasteiger partial charge is 0.507 e. The molecule has 4 heteroatoms. The topological polar surface area (TPSA) is 63.4 Å². The Labute approximate surface area is 110 Å². The van der Waals surface area contributed by atoms with E-state index in [1.165, 1.54) is 12.1 Å². The standard InChI is InChI=1S/C15H13NO3/c1-2-3-11-4-9-15(17)14(10-11)12-5-7-13(8-6-12)16(18)19/h2,4-10,17H,1,3H2. The molecule has 0 bridgehead atoms. The normalized spacial score (nSPS) is 10.1. The fourth-order valence-corrected chi connectivity index (χ4v) is 1.87. The van der Waals surface area contributed by atoms with Crippen molar-refractivity contribution in [2.24, 2.45) is 0 Å². The van der Waals surface area contributed by atoms with Crippen molar-refractivity contribution < 1.29 is 10.0 Å². The maximum Gasteiger partial charge on any atom is 0.269 e. The molecule has 0 spiro atoms. The minimum atomic E-state index is -0.447. The van der Waals surface area contributed by atoms with Crippen molar-refractivity contribution >= 4 is 5.69 Å². The molecule has 0 atom stereocenters. The van der Waals surface area contributed by atoms with Gasteiger partial charge in [-0.1, -0.05) is 12.1 Å². The van der Waals surface area contributed by atoms with E-state index < -0.39 is 4.92 Å². The smallest absolute Gasteiger partial charge is 0.269 e. The van der Waals surface area contributed by atoms with Gasteiger partial charge in [-0.2, -0.15) is 0 Å². The molecule has 2 rings (SSSR count). The fourth-order valence-electron chi connectivity index (χ4n) is 1.87. The van der Waals surface area contributed by atoms with Gasteiger partial charge in [0.25, 0.3) is 5.69 Å². The molecule has 0 aliphatic heterocycles. The second-order valence-electron chi connectivity index (χ2n) is 4.15. The van der Waals surface area contributed by atoms with Crippen molar-refractivity contribution in [3.63, 3.8) is 0 Å². The third-order valence-corrected chi connectivity index (χ3v) is 2.83. The zero-order chi connectivity index (χ0) is 13.8.